The molecule has 0 radical (unpaired) electrons. The van der Waals surface area contributed by atoms with E-state index in [1.165, 1.54) is 18.0 Å². The van der Waals surface area contributed by atoms with Gasteiger partial charge in [0.2, 0.25) is 0 Å². The quantitative estimate of drug-likeness (QED) is 0.856. The van der Waals surface area contributed by atoms with Crippen LogP contribution in [0.1, 0.15) is 25.5 Å². The maximum absolute atomic E-state index is 5.46. The van der Waals surface area contributed by atoms with Gasteiger partial charge in [-0.05, 0) is 32.6 Å². The number of nitrogens with zero attached hydrogens (tertiary/aromatic N) is 3. The van der Waals surface area contributed by atoms with E-state index in [1.54, 1.807) is 11.3 Å². The standard InChI is InChI=1S/C15H25N3OS/c1-12-11-20-15(16-12)18-5-3-14(4-6-18)13(2)17-7-9-19-10-8-17/h11,13-14H,3-10H2,1-2H3. The first-order valence-electron chi connectivity index (χ1n) is 7.73. The van der Waals surface area contributed by atoms with Crippen LogP contribution in [0, 0.1) is 12.8 Å². The Morgan fingerprint density at radius 3 is 2.55 bits per heavy atom. The highest BCUT2D eigenvalue weighted by atomic mass is 32.1. The van der Waals surface area contributed by atoms with Gasteiger partial charge in [0.05, 0.1) is 18.9 Å². The molecule has 2 aliphatic heterocycles. The van der Waals surface area contributed by atoms with E-state index in [0.717, 1.165) is 51.0 Å². The molecule has 0 aliphatic carbocycles. The van der Waals surface area contributed by atoms with Gasteiger partial charge >= 0.3 is 0 Å². The second kappa shape index (κ2) is 6.41. The number of hydrogen-bond donors (Lipinski definition) is 0. The summed E-state index contributed by atoms with van der Waals surface area (Å²) >= 11 is 1.78. The Morgan fingerprint density at radius 1 is 1.25 bits per heavy atom. The van der Waals surface area contributed by atoms with Gasteiger partial charge in [-0.2, -0.15) is 0 Å². The highest BCUT2D eigenvalue weighted by Gasteiger charge is 2.29. The molecule has 2 fully saturated rings. The molecule has 4 nitrogen and oxygen atoms in total. The molecule has 0 aromatic carbocycles. The lowest BCUT2D eigenvalue weighted by Gasteiger charge is -2.41. The third-order valence-corrected chi connectivity index (χ3v) is 5.74. The maximum Gasteiger partial charge on any atom is 0.185 e. The number of thiazole rings is 1. The Bertz CT molecular complexity index is 423. The van der Waals surface area contributed by atoms with Gasteiger partial charge in [-0.3, -0.25) is 4.90 Å². The summed E-state index contributed by atoms with van der Waals surface area (Å²) in [6.45, 7) is 10.8. The van der Waals surface area contributed by atoms with E-state index in [4.69, 9.17) is 4.74 Å². The number of ether oxygens (including phenoxy) is 1. The minimum Gasteiger partial charge on any atom is -0.379 e. The molecule has 3 heterocycles. The molecule has 112 valence electrons. The first kappa shape index (κ1) is 14.3. The summed E-state index contributed by atoms with van der Waals surface area (Å²) in [5.74, 6) is 0.824. The van der Waals surface area contributed by atoms with Crippen molar-refractivity contribution < 1.29 is 4.74 Å². The van der Waals surface area contributed by atoms with Crippen LogP contribution < -0.4 is 4.90 Å². The van der Waals surface area contributed by atoms with E-state index in [-0.39, 0.29) is 0 Å². The van der Waals surface area contributed by atoms with Gasteiger partial charge in [0.15, 0.2) is 5.13 Å². The van der Waals surface area contributed by atoms with Crippen molar-refractivity contribution in [3.8, 4) is 0 Å². The van der Waals surface area contributed by atoms with Gasteiger partial charge in [-0.25, -0.2) is 4.98 Å². The van der Waals surface area contributed by atoms with Crippen molar-refractivity contribution in [3.05, 3.63) is 11.1 Å². The Hall–Kier alpha value is -0.650. The summed E-state index contributed by atoms with van der Waals surface area (Å²) < 4.78 is 5.46. The smallest absolute Gasteiger partial charge is 0.185 e. The molecule has 0 spiro atoms. The van der Waals surface area contributed by atoms with Crippen LogP contribution in [0.3, 0.4) is 0 Å². The molecular weight excluding hydrogens is 270 g/mol. The fourth-order valence-electron chi connectivity index (χ4n) is 3.34. The number of morpholine rings is 1. The second-order valence-electron chi connectivity index (χ2n) is 5.98. The van der Waals surface area contributed by atoms with Gasteiger partial charge in [0.25, 0.3) is 0 Å². The van der Waals surface area contributed by atoms with E-state index in [2.05, 4.69) is 34.0 Å². The molecule has 1 atom stereocenters. The Labute approximate surface area is 125 Å². The van der Waals surface area contributed by atoms with Crippen LogP contribution >= 0.6 is 11.3 Å². The summed E-state index contributed by atoms with van der Waals surface area (Å²) in [6, 6.07) is 0.694. The molecule has 1 unspecified atom stereocenters. The molecule has 3 rings (SSSR count). The molecule has 0 bridgehead atoms. The predicted molar refractivity (Wildman–Crippen MR) is 83.6 cm³/mol. The first-order chi connectivity index (χ1) is 9.74. The predicted octanol–water partition coefficient (Wildman–Crippen LogP) is 2.39. The average molecular weight is 295 g/mol. The minimum absolute atomic E-state index is 0.694. The second-order valence-corrected chi connectivity index (χ2v) is 6.82. The van der Waals surface area contributed by atoms with E-state index < -0.39 is 0 Å². The minimum atomic E-state index is 0.694. The van der Waals surface area contributed by atoms with E-state index in [9.17, 15) is 0 Å². The number of piperidine rings is 1. The van der Waals surface area contributed by atoms with Gasteiger partial charge in [0.1, 0.15) is 0 Å². The SMILES string of the molecule is Cc1csc(N2CCC(C(C)N3CCOCC3)CC2)n1. The highest BCUT2D eigenvalue weighted by Crippen LogP contribution is 2.29. The van der Waals surface area contributed by atoms with Crippen molar-refractivity contribution in [2.45, 2.75) is 32.7 Å². The van der Waals surface area contributed by atoms with Crippen LogP contribution in [0.5, 0.6) is 0 Å². The van der Waals surface area contributed by atoms with Gasteiger partial charge in [0, 0.05) is 37.6 Å². The summed E-state index contributed by atoms with van der Waals surface area (Å²) in [7, 11) is 0. The fourth-order valence-corrected chi connectivity index (χ4v) is 4.20. The van der Waals surface area contributed by atoms with Gasteiger partial charge in [-0.1, -0.05) is 0 Å². The lowest BCUT2D eigenvalue weighted by Crippen LogP contribution is -2.48. The lowest BCUT2D eigenvalue weighted by atomic mass is 9.89. The molecule has 2 aliphatic rings. The molecule has 5 heteroatoms. The molecule has 1 aromatic heterocycles. The van der Waals surface area contributed by atoms with Crippen LogP contribution in [0.15, 0.2) is 5.38 Å². The zero-order valence-corrected chi connectivity index (χ0v) is 13.4. The lowest BCUT2D eigenvalue weighted by molar-refractivity contribution is 0.00449. The molecule has 0 amide bonds. The summed E-state index contributed by atoms with van der Waals surface area (Å²) in [4.78, 5) is 9.68. The maximum atomic E-state index is 5.46. The summed E-state index contributed by atoms with van der Waals surface area (Å²) in [5, 5.41) is 3.36. The van der Waals surface area contributed by atoms with Crippen molar-refractivity contribution >= 4 is 16.5 Å². The van der Waals surface area contributed by atoms with E-state index in [0.29, 0.717) is 6.04 Å². The largest absolute Gasteiger partial charge is 0.379 e. The number of hydrogen-bond acceptors (Lipinski definition) is 5. The molecule has 1 aromatic rings. The Kier molecular flexibility index (Phi) is 4.58. The van der Waals surface area contributed by atoms with Crippen LogP contribution in [-0.4, -0.2) is 55.3 Å². The molecule has 0 N–H and O–H groups in total. The third kappa shape index (κ3) is 3.15. The zero-order chi connectivity index (χ0) is 13.9. The number of anilines is 1. The Morgan fingerprint density at radius 2 is 1.95 bits per heavy atom. The zero-order valence-electron chi connectivity index (χ0n) is 12.5. The average Bonchev–Trinajstić information content (AvgIpc) is 2.94. The monoisotopic (exact) mass is 295 g/mol. The van der Waals surface area contributed by atoms with Crippen molar-refractivity contribution in [2.75, 3.05) is 44.3 Å². The van der Waals surface area contributed by atoms with E-state index in [1.807, 2.05) is 0 Å². The number of aryl methyl sites for hydroxylation is 1. The highest BCUT2D eigenvalue weighted by molar-refractivity contribution is 7.13. The van der Waals surface area contributed by atoms with Crippen molar-refractivity contribution in [1.29, 1.82) is 0 Å². The van der Waals surface area contributed by atoms with Crippen LogP contribution in [0.2, 0.25) is 0 Å². The third-order valence-electron chi connectivity index (χ3n) is 4.72. The first-order valence-corrected chi connectivity index (χ1v) is 8.61. The topological polar surface area (TPSA) is 28.6 Å². The number of rotatable bonds is 3. The van der Waals surface area contributed by atoms with Crippen LogP contribution in [0.4, 0.5) is 5.13 Å². The van der Waals surface area contributed by atoms with E-state index >= 15 is 0 Å². The van der Waals surface area contributed by atoms with Crippen molar-refractivity contribution in [3.63, 3.8) is 0 Å². The molecule has 20 heavy (non-hydrogen) atoms. The molecule has 2 saturated heterocycles. The molecular formula is C15H25N3OS. The fraction of sp³-hybridized carbons (Fsp3) is 0.800. The summed E-state index contributed by atoms with van der Waals surface area (Å²) in [5.41, 5.74) is 1.15. The van der Waals surface area contributed by atoms with Crippen LogP contribution in [0.25, 0.3) is 0 Å². The van der Waals surface area contributed by atoms with Gasteiger partial charge < -0.3 is 9.64 Å². The van der Waals surface area contributed by atoms with Crippen molar-refractivity contribution in [1.82, 2.24) is 9.88 Å². The number of aromatic nitrogens is 1. The van der Waals surface area contributed by atoms with Crippen molar-refractivity contribution in [2.24, 2.45) is 5.92 Å². The Balaban J connectivity index is 1.52. The molecule has 0 saturated carbocycles. The summed E-state index contributed by atoms with van der Waals surface area (Å²) in [6.07, 6.45) is 2.58. The van der Waals surface area contributed by atoms with Crippen LogP contribution in [-0.2, 0) is 4.74 Å². The normalized spacial score (nSPS) is 24.0. The van der Waals surface area contributed by atoms with Gasteiger partial charge in [-0.15, -0.1) is 11.3 Å².